The number of aliphatic hydroxyl groups is 1. The molecule has 1 aromatic rings. The third kappa shape index (κ3) is 2.94. The molecule has 0 spiro atoms. The van der Waals surface area contributed by atoms with Crippen LogP contribution in [0.3, 0.4) is 0 Å². The van der Waals surface area contributed by atoms with Gasteiger partial charge in [0, 0.05) is 0 Å². The van der Waals surface area contributed by atoms with Crippen LogP contribution in [0.2, 0.25) is 0 Å². The molecule has 0 bridgehead atoms. The largest absolute Gasteiger partial charge is 0.443 e. The molecule has 0 unspecified atom stereocenters. The lowest BCUT2D eigenvalue weighted by molar-refractivity contribution is 0.0528. The summed E-state index contributed by atoms with van der Waals surface area (Å²) in [6.45, 7) is 5.70. The van der Waals surface area contributed by atoms with Crippen LogP contribution in [0.5, 0.6) is 0 Å². The molecule has 20 heavy (non-hydrogen) atoms. The first-order valence-corrected chi connectivity index (χ1v) is 6.78. The van der Waals surface area contributed by atoms with Crippen molar-refractivity contribution < 1.29 is 14.6 Å². The molecule has 2 rings (SSSR count). The Morgan fingerprint density at radius 2 is 2.05 bits per heavy atom. The van der Waals surface area contributed by atoms with E-state index in [4.69, 9.17) is 4.74 Å². The second kappa shape index (κ2) is 5.42. The third-order valence-corrected chi connectivity index (χ3v) is 3.24. The van der Waals surface area contributed by atoms with Crippen molar-refractivity contribution >= 4 is 11.8 Å². The van der Waals surface area contributed by atoms with Crippen molar-refractivity contribution in [3.05, 3.63) is 29.8 Å². The number of carbonyl (C=O) groups excluding carboxylic acids is 1. The number of aliphatic hydroxyl groups excluding tert-OH is 1. The summed E-state index contributed by atoms with van der Waals surface area (Å²) in [5.74, 6) is 0. The third-order valence-electron chi connectivity index (χ3n) is 3.24. The Morgan fingerprint density at radius 3 is 2.65 bits per heavy atom. The molecule has 0 fully saturated rings. The smallest absolute Gasteiger partial charge is 0.414 e. The van der Waals surface area contributed by atoms with Crippen LogP contribution in [0.25, 0.3) is 0 Å². The summed E-state index contributed by atoms with van der Waals surface area (Å²) < 4.78 is 5.41. The molecule has 0 saturated heterocycles. The number of anilines is 1. The number of ether oxygens (including phenoxy) is 1. The lowest BCUT2D eigenvalue weighted by Crippen LogP contribution is -2.49. The van der Waals surface area contributed by atoms with Crippen molar-refractivity contribution in [2.45, 2.75) is 38.5 Å². The number of hydrogen-bond donors (Lipinski definition) is 2. The Labute approximate surface area is 119 Å². The molecule has 1 aliphatic heterocycles. The monoisotopic (exact) mass is 278 g/mol. The summed E-state index contributed by atoms with van der Waals surface area (Å²) in [7, 11) is 1.80. The highest BCUT2D eigenvalue weighted by atomic mass is 16.6. The highest BCUT2D eigenvalue weighted by Gasteiger charge is 2.35. The van der Waals surface area contributed by atoms with Crippen molar-refractivity contribution in [2.24, 2.45) is 0 Å². The average molecular weight is 278 g/mol. The second-order valence-corrected chi connectivity index (χ2v) is 5.98. The van der Waals surface area contributed by atoms with Gasteiger partial charge in [-0.25, -0.2) is 4.79 Å². The first-order valence-electron chi connectivity index (χ1n) is 6.78. The molecule has 1 aliphatic rings. The molecule has 1 amide bonds. The van der Waals surface area contributed by atoms with Crippen molar-refractivity contribution in [3.8, 4) is 0 Å². The molecule has 5 nitrogen and oxygen atoms in total. The lowest BCUT2D eigenvalue weighted by atomic mass is 9.94. The van der Waals surface area contributed by atoms with Gasteiger partial charge in [-0.05, 0) is 39.4 Å². The van der Waals surface area contributed by atoms with E-state index < -0.39 is 17.8 Å². The first-order chi connectivity index (χ1) is 9.33. The predicted octanol–water partition coefficient (Wildman–Crippen LogP) is 2.06. The van der Waals surface area contributed by atoms with E-state index in [1.54, 1.807) is 7.05 Å². The number of para-hydroxylation sites is 1. The quantitative estimate of drug-likeness (QED) is 0.825. The van der Waals surface area contributed by atoms with E-state index in [1.165, 1.54) is 4.90 Å². The molecule has 2 atom stereocenters. The summed E-state index contributed by atoms with van der Waals surface area (Å²) in [6, 6.07) is 7.38. The number of likely N-dealkylation sites (N-methyl/N-ethyl adjacent to an activating group) is 1. The Morgan fingerprint density at radius 1 is 1.40 bits per heavy atom. The first kappa shape index (κ1) is 14.8. The normalized spacial score (nSPS) is 22.4. The SMILES string of the molecule is CN[C@H]1c2ccccc2N(C(=O)OC(C)(C)C)C[C@@H]1O. The molecule has 5 heteroatoms. The van der Waals surface area contributed by atoms with Gasteiger partial charge in [-0.15, -0.1) is 0 Å². The van der Waals surface area contributed by atoms with E-state index in [0.29, 0.717) is 0 Å². The van der Waals surface area contributed by atoms with Gasteiger partial charge < -0.3 is 15.2 Å². The minimum atomic E-state index is -0.664. The van der Waals surface area contributed by atoms with Gasteiger partial charge in [0.05, 0.1) is 24.4 Å². The van der Waals surface area contributed by atoms with Gasteiger partial charge in [-0.3, -0.25) is 4.90 Å². The van der Waals surface area contributed by atoms with Crippen LogP contribution in [-0.4, -0.2) is 36.5 Å². The molecular formula is C15H22N2O3. The molecule has 2 N–H and O–H groups in total. The molecule has 0 aliphatic carbocycles. The number of β-amino-alcohol motifs (C(OH)–C–C–N with tert-alkyl or cyclic N) is 1. The summed E-state index contributed by atoms with van der Waals surface area (Å²) in [4.78, 5) is 13.8. The van der Waals surface area contributed by atoms with Crippen molar-refractivity contribution in [2.75, 3.05) is 18.5 Å². The van der Waals surface area contributed by atoms with E-state index in [1.807, 2.05) is 45.0 Å². The highest BCUT2D eigenvalue weighted by molar-refractivity contribution is 5.90. The van der Waals surface area contributed by atoms with Crippen LogP contribution in [0.15, 0.2) is 24.3 Å². The fourth-order valence-corrected chi connectivity index (χ4v) is 2.43. The minimum Gasteiger partial charge on any atom is -0.443 e. The zero-order valence-corrected chi connectivity index (χ0v) is 12.4. The predicted molar refractivity (Wildman–Crippen MR) is 77.8 cm³/mol. The van der Waals surface area contributed by atoms with Gasteiger partial charge in [0.1, 0.15) is 5.60 Å². The molecule has 110 valence electrons. The molecule has 0 saturated carbocycles. The number of carbonyl (C=O) groups is 1. The zero-order chi connectivity index (χ0) is 14.9. The Hall–Kier alpha value is -1.59. The van der Waals surface area contributed by atoms with Gasteiger partial charge in [-0.1, -0.05) is 18.2 Å². The fourth-order valence-electron chi connectivity index (χ4n) is 2.43. The maximum Gasteiger partial charge on any atom is 0.414 e. The number of amides is 1. The number of fused-ring (bicyclic) bond motifs is 1. The number of benzene rings is 1. The average Bonchev–Trinajstić information content (AvgIpc) is 2.35. The van der Waals surface area contributed by atoms with Gasteiger partial charge >= 0.3 is 6.09 Å². The zero-order valence-electron chi connectivity index (χ0n) is 12.4. The van der Waals surface area contributed by atoms with Crippen molar-refractivity contribution in [1.29, 1.82) is 0 Å². The van der Waals surface area contributed by atoms with Gasteiger partial charge in [0.25, 0.3) is 0 Å². The van der Waals surface area contributed by atoms with E-state index in [-0.39, 0.29) is 12.6 Å². The number of hydrogen-bond acceptors (Lipinski definition) is 4. The van der Waals surface area contributed by atoms with Gasteiger partial charge in [-0.2, -0.15) is 0 Å². The fraction of sp³-hybridized carbons (Fsp3) is 0.533. The topological polar surface area (TPSA) is 61.8 Å². The Bertz CT molecular complexity index is 496. The summed E-state index contributed by atoms with van der Waals surface area (Å²) in [5, 5.41) is 13.3. The van der Waals surface area contributed by atoms with Crippen LogP contribution in [0.4, 0.5) is 10.5 Å². The molecule has 0 aromatic heterocycles. The minimum absolute atomic E-state index is 0.176. The molecule has 1 aromatic carbocycles. The highest BCUT2D eigenvalue weighted by Crippen LogP contribution is 2.34. The summed E-state index contributed by atoms with van der Waals surface area (Å²) in [5.41, 5.74) is 1.13. The Balaban J connectivity index is 2.34. The number of nitrogens with one attached hydrogen (secondary N) is 1. The maximum absolute atomic E-state index is 12.3. The van der Waals surface area contributed by atoms with Crippen LogP contribution in [-0.2, 0) is 4.74 Å². The van der Waals surface area contributed by atoms with E-state index in [9.17, 15) is 9.90 Å². The van der Waals surface area contributed by atoms with Crippen molar-refractivity contribution in [3.63, 3.8) is 0 Å². The molecule has 1 heterocycles. The van der Waals surface area contributed by atoms with Crippen LogP contribution >= 0.6 is 0 Å². The van der Waals surface area contributed by atoms with Gasteiger partial charge in [0.15, 0.2) is 0 Å². The molecular weight excluding hydrogens is 256 g/mol. The van der Waals surface area contributed by atoms with E-state index in [2.05, 4.69) is 5.32 Å². The van der Waals surface area contributed by atoms with Crippen LogP contribution < -0.4 is 10.2 Å². The van der Waals surface area contributed by atoms with Crippen molar-refractivity contribution in [1.82, 2.24) is 5.32 Å². The molecule has 0 radical (unpaired) electrons. The second-order valence-electron chi connectivity index (χ2n) is 5.98. The Kier molecular flexibility index (Phi) is 4.01. The van der Waals surface area contributed by atoms with E-state index >= 15 is 0 Å². The number of rotatable bonds is 1. The van der Waals surface area contributed by atoms with E-state index in [0.717, 1.165) is 11.3 Å². The maximum atomic E-state index is 12.3. The van der Waals surface area contributed by atoms with Crippen LogP contribution in [0, 0.1) is 0 Å². The number of nitrogens with zero attached hydrogens (tertiary/aromatic N) is 1. The summed E-state index contributed by atoms with van der Waals surface area (Å²) >= 11 is 0. The standard InChI is InChI=1S/C15H22N2O3/c1-15(2,3)20-14(19)17-9-12(18)13(16-4)10-7-5-6-8-11(10)17/h5-8,12-13,16,18H,9H2,1-4H3/t12-,13-/m0/s1. The van der Waals surface area contributed by atoms with Crippen LogP contribution in [0.1, 0.15) is 32.4 Å². The van der Waals surface area contributed by atoms with Gasteiger partial charge in [0.2, 0.25) is 0 Å². The lowest BCUT2D eigenvalue weighted by Gasteiger charge is -2.38. The summed E-state index contributed by atoms with van der Waals surface area (Å²) in [6.07, 6.45) is -1.10.